The van der Waals surface area contributed by atoms with E-state index >= 15 is 0 Å². The van der Waals surface area contributed by atoms with E-state index in [0.29, 0.717) is 22.6 Å². The third kappa shape index (κ3) is 3.19. The second-order valence-corrected chi connectivity index (χ2v) is 5.65. The van der Waals surface area contributed by atoms with Gasteiger partial charge >= 0.3 is 0 Å². The van der Waals surface area contributed by atoms with Crippen molar-refractivity contribution in [3.05, 3.63) is 30.1 Å². The fourth-order valence-corrected chi connectivity index (χ4v) is 2.84. The molecule has 2 nitrogen and oxygen atoms in total. The van der Waals surface area contributed by atoms with Gasteiger partial charge in [-0.1, -0.05) is 26.0 Å². The van der Waals surface area contributed by atoms with E-state index in [2.05, 4.69) is 24.1 Å². The minimum atomic E-state index is -0.266. The van der Waals surface area contributed by atoms with Crippen LogP contribution in [0.5, 0.6) is 0 Å². The molecule has 1 aromatic rings. The van der Waals surface area contributed by atoms with Gasteiger partial charge in [0.05, 0.1) is 5.69 Å². The average Bonchev–Trinajstić information content (AvgIpc) is 2.31. The Morgan fingerprint density at radius 3 is 2.50 bits per heavy atom. The molecule has 1 aliphatic heterocycles. The van der Waals surface area contributed by atoms with E-state index in [4.69, 9.17) is 12.2 Å². The minimum absolute atomic E-state index is 0.266. The predicted molar refractivity (Wildman–Crippen MR) is 77.1 cm³/mol. The van der Waals surface area contributed by atoms with Crippen LogP contribution in [-0.2, 0) is 0 Å². The Kier molecular flexibility index (Phi) is 4.17. The first-order valence-electron chi connectivity index (χ1n) is 6.36. The number of anilines is 1. The zero-order valence-corrected chi connectivity index (χ0v) is 11.6. The van der Waals surface area contributed by atoms with E-state index in [0.717, 1.165) is 13.1 Å². The van der Waals surface area contributed by atoms with E-state index in [-0.39, 0.29) is 5.82 Å². The second kappa shape index (κ2) is 5.65. The van der Waals surface area contributed by atoms with Gasteiger partial charge in [-0.15, -0.1) is 0 Å². The van der Waals surface area contributed by atoms with Crippen LogP contribution in [0, 0.1) is 17.7 Å². The minimum Gasteiger partial charge on any atom is -0.348 e. The fourth-order valence-electron chi connectivity index (χ4n) is 2.59. The number of thiocarbonyl (C=S) groups is 1. The number of halogens is 1. The molecule has 2 rings (SSSR count). The molecule has 0 saturated carbocycles. The van der Waals surface area contributed by atoms with Crippen LogP contribution in [0.3, 0.4) is 0 Å². The molecule has 4 heteroatoms. The molecule has 0 aromatic heterocycles. The molecule has 0 bridgehead atoms. The van der Waals surface area contributed by atoms with Crippen LogP contribution in [0.15, 0.2) is 24.3 Å². The van der Waals surface area contributed by atoms with Gasteiger partial charge in [-0.2, -0.15) is 0 Å². The van der Waals surface area contributed by atoms with Crippen LogP contribution < -0.4 is 5.32 Å². The maximum absolute atomic E-state index is 13.5. The number of benzene rings is 1. The van der Waals surface area contributed by atoms with Crippen molar-refractivity contribution >= 4 is 23.0 Å². The molecule has 0 radical (unpaired) electrons. The Hall–Kier alpha value is -1.16. The van der Waals surface area contributed by atoms with Crippen LogP contribution in [0.4, 0.5) is 10.1 Å². The third-order valence-electron chi connectivity index (χ3n) is 3.27. The van der Waals surface area contributed by atoms with Gasteiger partial charge in [0.25, 0.3) is 0 Å². The molecule has 2 atom stereocenters. The monoisotopic (exact) mass is 266 g/mol. The highest BCUT2D eigenvalue weighted by Crippen LogP contribution is 2.22. The van der Waals surface area contributed by atoms with Crippen molar-refractivity contribution in [3.63, 3.8) is 0 Å². The molecule has 1 heterocycles. The summed E-state index contributed by atoms with van der Waals surface area (Å²) in [7, 11) is 0. The first-order chi connectivity index (χ1) is 8.56. The summed E-state index contributed by atoms with van der Waals surface area (Å²) in [5.74, 6) is 1.00. The normalized spacial score (nSPS) is 23.8. The van der Waals surface area contributed by atoms with Crippen molar-refractivity contribution in [2.24, 2.45) is 11.8 Å². The van der Waals surface area contributed by atoms with Crippen LogP contribution >= 0.6 is 12.2 Å². The maximum atomic E-state index is 13.5. The number of likely N-dealkylation sites (tertiary alicyclic amines) is 1. The topological polar surface area (TPSA) is 15.3 Å². The summed E-state index contributed by atoms with van der Waals surface area (Å²) in [5, 5.41) is 3.63. The highest BCUT2D eigenvalue weighted by Gasteiger charge is 2.23. The molecular weight excluding hydrogens is 247 g/mol. The number of rotatable bonds is 1. The van der Waals surface area contributed by atoms with Gasteiger partial charge in [0.15, 0.2) is 5.11 Å². The van der Waals surface area contributed by atoms with Gasteiger partial charge in [0.2, 0.25) is 0 Å². The highest BCUT2D eigenvalue weighted by molar-refractivity contribution is 7.80. The van der Waals surface area contributed by atoms with Crippen LogP contribution in [0.2, 0.25) is 0 Å². The van der Waals surface area contributed by atoms with Gasteiger partial charge in [0.1, 0.15) is 5.82 Å². The summed E-state index contributed by atoms with van der Waals surface area (Å²) in [4.78, 5) is 2.14. The smallest absolute Gasteiger partial charge is 0.173 e. The lowest BCUT2D eigenvalue weighted by molar-refractivity contribution is 0.216. The molecule has 0 spiro atoms. The first kappa shape index (κ1) is 13.3. The van der Waals surface area contributed by atoms with Crippen molar-refractivity contribution in [3.8, 4) is 0 Å². The van der Waals surface area contributed by atoms with Crippen molar-refractivity contribution < 1.29 is 4.39 Å². The molecule has 98 valence electrons. The lowest BCUT2D eigenvalue weighted by Crippen LogP contribution is -2.44. The van der Waals surface area contributed by atoms with E-state index in [1.807, 2.05) is 0 Å². The molecule has 0 aliphatic carbocycles. The van der Waals surface area contributed by atoms with Gasteiger partial charge in [0, 0.05) is 13.1 Å². The van der Waals surface area contributed by atoms with Gasteiger partial charge in [-0.3, -0.25) is 0 Å². The number of hydrogen-bond donors (Lipinski definition) is 1. The summed E-state index contributed by atoms with van der Waals surface area (Å²) >= 11 is 5.37. The molecule has 18 heavy (non-hydrogen) atoms. The Morgan fingerprint density at radius 1 is 1.28 bits per heavy atom. The number of hydrogen-bond acceptors (Lipinski definition) is 1. The standard InChI is InChI=1S/C14H19FN2S/c1-10-7-11(2)9-17(8-10)14(18)16-13-6-4-3-5-12(13)15/h3-6,10-11H,7-9H2,1-2H3,(H,16,18)/t10-,11-/m1/s1. The largest absolute Gasteiger partial charge is 0.348 e. The van der Waals surface area contributed by atoms with E-state index in [9.17, 15) is 4.39 Å². The zero-order chi connectivity index (χ0) is 13.1. The summed E-state index contributed by atoms with van der Waals surface area (Å²) in [5.41, 5.74) is 0.452. The SMILES string of the molecule is C[C@@H]1C[C@@H](C)CN(C(=S)Nc2ccccc2F)C1. The average molecular weight is 266 g/mol. The number of para-hydroxylation sites is 1. The molecule has 1 fully saturated rings. The van der Waals surface area contributed by atoms with Gasteiger partial charge in [-0.25, -0.2) is 4.39 Å². The summed E-state index contributed by atoms with van der Waals surface area (Å²) in [6.45, 7) is 6.36. The van der Waals surface area contributed by atoms with E-state index < -0.39 is 0 Å². The molecule has 1 aliphatic rings. The summed E-state index contributed by atoms with van der Waals surface area (Å²) < 4.78 is 13.5. The number of piperidine rings is 1. The Labute approximate surface area is 113 Å². The Bertz CT molecular complexity index is 426. The highest BCUT2D eigenvalue weighted by atomic mass is 32.1. The number of nitrogens with zero attached hydrogens (tertiary/aromatic N) is 1. The van der Waals surface area contributed by atoms with Crippen LogP contribution in [0.1, 0.15) is 20.3 Å². The maximum Gasteiger partial charge on any atom is 0.173 e. The van der Waals surface area contributed by atoms with E-state index in [1.165, 1.54) is 12.5 Å². The van der Waals surface area contributed by atoms with Crippen molar-refractivity contribution in [2.75, 3.05) is 18.4 Å². The lowest BCUT2D eigenvalue weighted by Gasteiger charge is -2.36. The third-order valence-corrected chi connectivity index (χ3v) is 3.63. The molecule has 1 aromatic carbocycles. The van der Waals surface area contributed by atoms with Crippen molar-refractivity contribution in [1.29, 1.82) is 0 Å². The molecule has 0 amide bonds. The van der Waals surface area contributed by atoms with Crippen molar-refractivity contribution in [1.82, 2.24) is 4.90 Å². The lowest BCUT2D eigenvalue weighted by atomic mass is 9.92. The molecule has 0 unspecified atom stereocenters. The van der Waals surface area contributed by atoms with Crippen LogP contribution in [-0.4, -0.2) is 23.1 Å². The van der Waals surface area contributed by atoms with Crippen molar-refractivity contribution in [2.45, 2.75) is 20.3 Å². The summed E-state index contributed by atoms with van der Waals surface area (Å²) in [6, 6.07) is 6.62. The predicted octanol–water partition coefficient (Wildman–Crippen LogP) is 3.50. The second-order valence-electron chi connectivity index (χ2n) is 5.26. The Balaban J connectivity index is 2.02. The zero-order valence-electron chi connectivity index (χ0n) is 10.8. The summed E-state index contributed by atoms with van der Waals surface area (Å²) in [6.07, 6.45) is 1.23. The van der Waals surface area contributed by atoms with Gasteiger partial charge in [-0.05, 0) is 42.6 Å². The Morgan fingerprint density at radius 2 is 1.89 bits per heavy atom. The van der Waals surface area contributed by atoms with Crippen LogP contribution in [0.25, 0.3) is 0 Å². The molecule has 1 saturated heterocycles. The molecule has 1 N–H and O–H groups in total. The number of nitrogens with one attached hydrogen (secondary N) is 1. The first-order valence-corrected chi connectivity index (χ1v) is 6.77. The quantitative estimate of drug-likeness (QED) is 0.783. The van der Waals surface area contributed by atoms with Gasteiger partial charge < -0.3 is 10.2 Å². The van der Waals surface area contributed by atoms with E-state index in [1.54, 1.807) is 18.2 Å². The fraction of sp³-hybridized carbons (Fsp3) is 0.500. The molecular formula is C14H19FN2S.